The van der Waals surface area contributed by atoms with Crippen LogP contribution in [-0.4, -0.2) is 23.3 Å². The molecule has 0 fully saturated rings. The van der Waals surface area contributed by atoms with E-state index in [0.717, 1.165) is 16.5 Å². The summed E-state index contributed by atoms with van der Waals surface area (Å²) in [5.41, 5.74) is 3.78. The molecule has 5 heteroatoms. The number of carbonyl (C=O) groups is 2. The van der Waals surface area contributed by atoms with Gasteiger partial charge in [0.15, 0.2) is 0 Å². The van der Waals surface area contributed by atoms with Crippen molar-refractivity contribution in [2.45, 2.75) is 20.8 Å². The smallest absolute Gasteiger partial charge is 0.267 e. The van der Waals surface area contributed by atoms with Gasteiger partial charge in [0.05, 0.1) is 0 Å². The molecule has 0 radical (unpaired) electrons. The maximum Gasteiger partial charge on any atom is 0.267 e. The zero-order valence-corrected chi connectivity index (χ0v) is 15.2. The van der Waals surface area contributed by atoms with Gasteiger partial charge in [-0.1, -0.05) is 31.5 Å². The highest BCUT2D eigenvalue weighted by Crippen LogP contribution is 2.21. The fraction of sp³-hybridized carbons (Fsp3) is 0.238. The summed E-state index contributed by atoms with van der Waals surface area (Å²) in [7, 11) is 0. The lowest BCUT2D eigenvalue weighted by Crippen LogP contribution is -2.27. The second kappa shape index (κ2) is 7.44. The van der Waals surface area contributed by atoms with Crippen LogP contribution in [0.3, 0.4) is 0 Å². The Labute approximate surface area is 152 Å². The molecule has 0 unspecified atom stereocenters. The number of aromatic amines is 1. The fourth-order valence-corrected chi connectivity index (χ4v) is 2.63. The largest absolute Gasteiger partial charge is 0.351 e. The molecule has 26 heavy (non-hydrogen) atoms. The van der Waals surface area contributed by atoms with Crippen molar-refractivity contribution in [3.8, 4) is 0 Å². The van der Waals surface area contributed by atoms with Crippen LogP contribution in [0.4, 0.5) is 5.69 Å². The molecule has 1 aromatic heterocycles. The van der Waals surface area contributed by atoms with Crippen LogP contribution >= 0.6 is 0 Å². The van der Waals surface area contributed by atoms with Crippen molar-refractivity contribution in [3.63, 3.8) is 0 Å². The van der Waals surface area contributed by atoms with E-state index in [9.17, 15) is 9.59 Å². The number of rotatable bonds is 5. The molecule has 3 N–H and O–H groups in total. The number of aromatic nitrogens is 1. The number of anilines is 1. The standard InChI is InChI=1S/C21H23N3O2/c1-13(2)12-22-21(26)19-11-16-10-17(8-9-18(16)24-19)23-20(25)15-6-4-14(3)5-7-15/h4-11,13,24H,12H2,1-3H3,(H,22,26)(H,23,25). The molecule has 0 saturated heterocycles. The molecule has 0 atom stereocenters. The highest BCUT2D eigenvalue weighted by Gasteiger charge is 2.11. The summed E-state index contributed by atoms with van der Waals surface area (Å²) in [6, 6.07) is 14.8. The number of nitrogens with one attached hydrogen (secondary N) is 3. The third-order valence-electron chi connectivity index (χ3n) is 4.11. The van der Waals surface area contributed by atoms with E-state index >= 15 is 0 Å². The number of aryl methyl sites for hydroxylation is 1. The molecule has 0 bridgehead atoms. The van der Waals surface area contributed by atoms with E-state index in [0.29, 0.717) is 29.4 Å². The fourth-order valence-electron chi connectivity index (χ4n) is 2.63. The van der Waals surface area contributed by atoms with Gasteiger partial charge in [0.2, 0.25) is 0 Å². The van der Waals surface area contributed by atoms with Crippen molar-refractivity contribution < 1.29 is 9.59 Å². The average Bonchev–Trinajstić information content (AvgIpc) is 3.03. The first-order valence-electron chi connectivity index (χ1n) is 8.71. The first-order chi connectivity index (χ1) is 12.4. The molecular weight excluding hydrogens is 326 g/mol. The quantitative estimate of drug-likeness (QED) is 0.648. The van der Waals surface area contributed by atoms with Gasteiger partial charge in [-0.2, -0.15) is 0 Å². The highest BCUT2D eigenvalue weighted by atomic mass is 16.2. The molecule has 2 aromatic carbocycles. The molecule has 0 saturated carbocycles. The van der Waals surface area contributed by atoms with Gasteiger partial charge in [-0.05, 0) is 49.2 Å². The Morgan fingerprint density at radius 2 is 1.73 bits per heavy atom. The topological polar surface area (TPSA) is 74.0 Å². The maximum atomic E-state index is 12.3. The van der Waals surface area contributed by atoms with Crippen LogP contribution in [0.2, 0.25) is 0 Å². The van der Waals surface area contributed by atoms with Gasteiger partial charge in [0, 0.05) is 28.7 Å². The number of fused-ring (bicyclic) bond motifs is 1. The zero-order chi connectivity index (χ0) is 18.7. The number of amides is 2. The van der Waals surface area contributed by atoms with Gasteiger partial charge >= 0.3 is 0 Å². The maximum absolute atomic E-state index is 12.3. The summed E-state index contributed by atoms with van der Waals surface area (Å²) in [6.07, 6.45) is 0. The summed E-state index contributed by atoms with van der Waals surface area (Å²) >= 11 is 0. The molecule has 0 aliphatic rings. The Hall–Kier alpha value is -3.08. The molecule has 0 aliphatic heterocycles. The van der Waals surface area contributed by atoms with Crippen LogP contribution in [-0.2, 0) is 0 Å². The molecule has 3 aromatic rings. The monoisotopic (exact) mass is 349 g/mol. The van der Waals surface area contributed by atoms with Crippen LogP contribution in [0, 0.1) is 12.8 Å². The summed E-state index contributed by atoms with van der Waals surface area (Å²) in [5.74, 6) is 0.113. The van der Waals surface area contributed by atoms with Crippen LogP contribution in [0.15, 0.2) is 48.5 Å². The Bertz CT molecular complexity index is 940. The summed E-state index contributed by atoms with van der Waals surface area (Å²) in [6.45, 7) is 6.71. The zero-order valence-electron chi connectivity index (χ0n) is 15.2. The Balaban J connectivity index is 1.75. The van der Waals surface area contributed by atoms with Gasteiger partial charge < -0.3 is 15.6 Å². The molecule has 0 aliphatic carbocycles. The summed E-state index contributed by atoms with van der Waals surface area (Å²) in [4.78, 5) is 27.6. The van der Waals surface area contributed by atoms with Gasteiger partial charge in [-0.25, -0.2) is 0 Å². The second-order valence-corrected chi connectivity index (χ2v) is 6.91. The molecular formula is C21H23N3O2. The van der Waals surface area contributed by atoms with Gasteiger partial charge in [-0.3, -0.25) is 9.59 Å². The number of hydrogen-bond acceptors (Lipinski definition) is 2. The highest BCUT2D eigenvalue weighted by molar-refractivity contribution is 6.05. The van der Waals surface area contributed by atoms with E-state index in [1.165, 1.54) is 0 Å². The van der Waals surface area contributed by atoms with Crippen LogP contribution < -0.4 is 10.6 Å². The molecule has 2 amide bonds. The van der Waals surface area contributed by atoms with Gasteiger partial charge in [0.25, 0.3) is 11.8 Å². The van der Waals surface area contributed by atoms with Crippen molar-refractivity contribution in [2.24, 2.45) is 5.92 Å². The first-order valence-corrected chi connectivity index (χ1v) is 8.71. The summed E-state index contributed by atoms with van der Waals surface area (Å²) in [5, 5.41) is 6.66. The van der Waals surface area contributed by atoms with Crippen molar-refractivity contribution in [1.82, 2.24) is 10.3 Å². The predicted molar refractivity (Wildman–Crippen MR) is 105 cm³/mol. The average molecular weight is 349 g/mol. The Kier molecular flexibility index (Phi) is 5.07. The number of benzene rings is 2. The number of hydrogen-bond donors (Lipinski definition) is 3. The number of carbonyl (C=O) groups excluding carboxylic acids is 2. The third-order valence-corrected chi connectivity index (χ3v) is 4.11. The lowest BCUT2D eigenvalue weighted by atomic mass is 10.1. The molecule has 134 valence electrons. The minimum Gasteiger partial charge on any atom is -0.351 e. The van der Waals surface area contributed by atoms with Crippen LogP contribution in [0.25, 0.3) is 10.9 Å². The second-order valence-electron chi connectivity index (χ2n) is 6.91. The lowest BCUT2D eigenvalue weighted by Gasteiger charge is -2.05. The van der Waals surface area contributed by atoms with Crippen molar-refractivity contribution in [3.05, 3.63) is 65.4 Å². The Morgan fingerprint density at radius 3 is 2.42 bits per heavy atom. The molecule has 0 spiro atoms. The van der Waals surface area contributed by atoms with Crippen molar-refractivity contribution in [2.75, 3.05) is 11.9 Å². The van der Waals surface area contributed by atoms with Gasteiger partial charge in [-0.15, -0.1) is 0 Å². The molecule has 1 heterocycles. The van der Waals surface area contributed by atoms with E-state index in [-0.39, 0.29) is 11.8 Å². The van der Waals surface area contributed by atoms with E-state index in [1.807, 2.05) is 37.3 Å². The number of H-pyrrole nitrogens is 1. The minimum atomic E-state index is -0.158. The first kappa shape index (κ1) is 17.7. The van der Waals surface area contributed by atoms with Gasteiger partial charge in [0.1, 0.15) is 5.69 Å². The van der Waals surface area contributed by atoms with E-state index in [2.05, 4.69) is 29.5 Å². The normalized spacial score (nSPS) is 10.9. The summed E-state index contributed by atoms with van der Waals surface area (Å²) < 4.78 is 0. The predicted octanol–water partition coefficient (Wildman–Crippen LogP) is 4.11. The van der Waals surface area contributed by atoms with E-state index in [1.54, 1.807) is 18.2 Å². The van der Waals surface area contributed by atoms with Crippen LogP contribution in [0.1, 0.15) is 40.3 Å². The lowest BCUT2D eigenvalue weighted by molar-refractivity contribution is 0.0944. The van der Waals surface area contributed by atoms with Crippen molar-refractivity contribution >= 4 is 28.4 Å². The molecule has 5 nitrogen and oxygen atoms in total. The third kappa shape index (κ3) is 4.11. The SMILES string of the molecule is Cc1ccc(C(=O)Nc2ccc3[nH]c(C(=O)NCC(C)C)cc3c2)cc1. The van der Waals surface area contributed by atoms with E-state index in [4.69, 9.17) is 0 Å². The Morgan fingerprint density at radius 1 is 1.00 bits per heavy atom. The molecule has 3 rings (SSSR count). The minimum absolute atomic E-state index is 0.125. The van der Waals surface area contributed by atoms with E-state index < -0.39 is 0 Å². The van der Waals surface area contributed by atoms with Crippen molar-refractivity contribution in [1.29, 1.82) is 0 Å². The van der Waals surface area contributed by atoms with Crippen LogP contribution in [0.5, 0.6) is 0 Å².